The molecule has 10 heteroatoms. The summed E-state index contributed by atoms with van der Waals surface area (Å²) in [4.78, 5) is 23.3. The number of primary sulfonamides is 1. The molecule has 1 aromatic rings. The average Bonchev–Trinajstić information content (AvgIpc) is 2.57. The number of carbonyl (C=O) groups excluding carboxylic acids is 1. The van der Waals surface area contributed by atoms with Crippen molar-refractivity contribution in [1.29, 1.82) is 5.26 Å². The zero-order chi connectivity index (χ0) is 20.6. The van der Waals surface area contributed by atoms with Crippen LogP contribution in [0.1, 0.15) is 25.8 Å². The van der Waals surface area contributed by atoms with Crippen molar-refractivity contribution < 1.29 is 23.1 Å². The Kier molecular flexibility index (Phi) is 7.96. The number of carbonyl (C=O) groups is 2. The van der Waals surface area contributed by atoms with Gasteiger partial charge in [0.25, 0.3) is 5.91 Å². The largest absolute Gasteiger partial charge is 0.480 e. The van der Waals surface area contributed by atoms with Crippen LogP contribution < -0.4 is 15.8 Å². The minimum atomic E-state index is -3.77. The van der Waals surface area contributed by atoms with Gasteiger partial charge in [-0.25, -0.2) is 18.4 Å². The second kappa shape index (κ2) is 9.70. The molecule has 0 heterocycles. The Labute approximate surface area is 157 Å². The van der Waals surface area contributed by atoms with E-state index in [1.807, 2.05) is 13.8 Å². The van der Waals surface area contributed by atoms with Crippen molar-refractivity contribution in [3.63, 3.8) is 0 Å². The van der Waals surface area contributed by atoms with E-state index in [4.69, 9.17) is 15.5 Å². The molecule has 0 aliphatic carbocycles. The van der Waals surface area contributed by atoms with Gasteiger partial charge >= 0.3 is 5.97 Å². The summed E-state index contributed by atoms with van der Waals surface area (Å²) in [5, 5.41) is 28.3. The van der Waals surface area contributed by atoms with Gasteiger partial charge in [0.2, 0.25) is 10.0 Å². The summed E-state index contributed by atoms with van der Waals surface area (Å²) < 4.78 is 22.4. The number of nitriles is 1. The van der Waals surface area contributed by atoms with Crippen LogP contribution in [0, 0.1) is 17.2 Å². The highest BCUT2D eigenvalue weighted by atomic mass is 32.2. The van der Waals surface area contributed by atoms with Gasteiger partial charge in [-0.15, -0.1) is 0 Å². The van der Waals surface area contributed by atoms with E-state index < -0.39 is 27.9 Å². The number of rotatable bonds is 9. The van der Waals surface area contributed by atoms with Crippen molar-refractivity contribution in [3.05, 3.63) is 41.6 Å². The predicted molar refractivity (Wildman–Crippen MR) is 97.4 cm³/mol. The number of amides is 1. The molecule has 1 rings (SSSR count). The molecule has 0 radical (unpaired) electrons. The SMILES string of the molecule is CC(C)CC(NC(=O)/C(C#N)=C\NCc1ccc(S(N)(=O)=O)cc1)C(=O)O. The van der Waals surface area contributed by atoms with E-state index in [2.05, 4.69) is 10.6 Å². The van der Waals surface area contributed by atoms with Gasteiger partial charge in [0.15, 0.2) is 0 Å². The Morgan fingerprint density at radius 1 is 1.30 bits per heavy atom. The van der Waals surface area contributed by atoms with Gasteiger partial charge in [-0.1, -0.05) is 26.0 Å². The second-order valence-electron chi connectivity index (χ2n) is 6.23. The lowest BCUT2D eigenvalue weighted by Gasteiger charge is -2.16. The topological polar surface area (TPSA) is 162 Å². The Morgan fingerprint density at radius 3 is 2.33 bits per heavy atom. The first-order valence-corrected chi connectivity index (χ1v) is 9.58. The first kappa shape index (κ1) is 22.1. The van der Waals surface area contributed by atoms with Crippen LogP contribution in [-0.4, -0.2) is 31.4 Å². The number of hydrogen-bond acceptors (Lipinski definition) is 6. The normalized spacial score (nSPS) is 12.9. The van der Waals surface area contributed by atoms with Crippen LogP contribution in [0.2, 0.25) is 0 Å². The minimum Gasteiger partial charge on any atom is -0.480 e. The molecule has 0 bridgehead atoms. The molecular formula is C17H22N4O5S. The molecule has 0 fully saturated rings. The standard InChI is InChI=1S/C17H22N4O5S/c1-11(2)7-15(17(23)24)21-16(22)13(8-18)10-20-9-12-3-5-14(6-4-12)27(19,25)26/h3-6,10-11,15,20H,7,9H2,1-2H3,(H,21,22)(H,23,24)(H2,19,25,26)/b13-10-. The van der Waals surface area contributed by atoms with Gasteiger partial charge in [0.05, 0.1) is 4.90 Å². The second-order valence-corrected chi connectivity index (χ2v) is 7.79. The van der Waals surface area contributed by atoms with E-state index >= 15 is 0 Å². The molecule has 0 spiro atoms. The lowest BCUT2D eigenvalue weighted by atomic mass is 10.0. The first-order valence-electron chi connectivity index (χ1n) is 8.03. The van der Waals surface area contributed by atoms with Gasteiger partial charge in [-0.3, -0.25) is 4.79 Å². The fourth-order valence-corrected chi connectivity index (χ4v) is 2.66. The number of aliphatic carboxylic acids is 1. The third-order valence-corrected chi connectivity index (χ3v) is 4.41. The number of nitrogens with two attached hydrogens (primary N) is 1. The predicted octanol–water partition coefficient (Wildman–Crippen LogP) is 0.447. The zero-order valence-electron chi connectivity index (χ0n) is 15.0. The molecule has 27 heavy (non-hydrogen) atoms. The Hall–Kier alpha value is -2.90. The molecule has 0 saturated carbocycles. The van der Waals surface area contributed by atoms with E-state index in [0.29, 0.717) is 5.56 Å². The molecule has 0 aliphatic rings. The van der Waals surface area contributed by atoms with Crippen molar-refractivity contribution in [2.45, 2.75) is 37.8 Å². The summed E-state index contributed by atoms with van der Waals surface area (Å²) in [6.45, 7) is 3.87. The number of carboxylic acids is 1. The number of nitrogens with one attached hydrogen (secondary N) is 2. The van der Waals surface area contributed by atoms with Crippen LogP contribution in [-0.2, 0) is 26.2 Å². The van der Waals surface area contributed by atoms with Crippen LogP contribution in [0.5, 0.6) is 0 Å². The van der Waals surface area contributed by atoms with Gasteiger partial charge < -0.3 is 15.7 Å². The molecule has 1 aromatic carbocycles. The van der Waals surface area contributed by atoms with Crippen molar-refractivity contribution in [1.82, 2.24) is 10.6 Å². The molecule has 146 valence electrons. The maximum atomic E-state index is 12.1. The lowest BCUT2D eigenvalue weighted by Crippen LogP contribution is -2.42. The third kappa shape index (κ3) is 7.47. The van der Waals surface area contributed by atoms with Crippen LogP contribution in [0.25, 0.3) is 0 Å². The molecule has 9 nitrogen and oxygen atoms in total. The summed E-state index contributed by atoms with van der Waals surface area (Å²) in [5.41, 5.74) is 0.422. The summed E-state index contributed by atoms with van der Waals surface area (Å²) in [7, 11) is -3.77. The quantitative estimate of drug-likeness (QED) is 0.349. The smallest absolute Gasteiger partial charge is 0.326 e. The Morgan fingerprint density at radius 2 is 1.89 bits per heavy atom. The van der Waals surface area contributed by atoms with Crippen molar-refractivity contribution >= 4 is 21.9 Å². The zero-order valence-corrected chi connectivity index (χ0v) is 15.8. The number of carboxylic acid groups (broad SMARTS) is 1. The highest BCUT2D eigenvalue weighted by Crippen LogP contribution is 2.09. The number of hydrogen-bond donors (Lipinski definition) is 4. The van der Waals surface area contributed by atoms with E-state index in [9.17, 15) is 18.0 Å². The number of benzene rings is 1. The van der Waals surface area contributed by atoms with Gasteiger partial charge in [0, 0.05) is 12.7 Å². The van der Waals surface area contributed by atoms with E-state index in [0.717, 1.165) is 0 Å². The molecule has 0 aliphatic heterocycles. The van der Waals surface area contributed by atoms with Crippen LogP contribution in [0.15, 0.2) is 40.9 Å². The molecule has 1 amide bonds. The van der Waals surface area contributed by atoms with E-state index in [1.165, 1.54) is 30.5 Å². The van der Waals surface area contributed by atoms with Crippen LogP contribution in [0.4, 0.5) is 0 Å². The summed E-state index contributed by atoms with van der Waals surface area (Å²) in [6, 6.07) is 6.39. The highest BCUT2D eigenvalue weighted by molar-refractivity contribution is 7.89. The lowest BCUT2D eigenvalue weighted by molar-refractivity contribution is -0.141. The van der Waals surface area contributed by atoms with Gasteiger partial charge in [-0.2, -0.15) is 5.26 Å². The Balaban J connectivity index is 2.73. The monoisotopic (exact) mass is 394 g/mol. The number of nitrogens with zero attached hydrogens (tertiary/aromatic N) is 1. The van der Waals surface area contributed by atoms with Crippen molar-refractivity contribution in [2.75, 3.05) is 0 Å². The molecule has 0 saturated heterocycles. The summed E-state index contributed by atoms with van der Waals surface area (Å²) in [6.07, 6.45) is 1.42. The van der Waals surface area contributed by atoms with Crippen LogP contribution >= 0.6 is 0 Å². The minimum absolute atomic E-state index is 0.0243. The Bertz CT molecular complexity index is 854. The molecule has 0 aromatic heterocycles. The fraction of sp³-hybridized carbons (Fsp3) is 0.353. The van der Waals surface area contributed by atoms with Crippen molar-refractivity contribution in [2.24, 2.45) is 11.1 Å². The highest BCUT2D eigenvalue weighted by Gasteiger charge is 2.22. The van der Waals surface area contributed by atoms with Crippen LogP contribution in [0.3, 0.4) is 0 Å². The number of sulfonamides is 1. The maximum absolute atomic E-state index is 12.1. The van der Waals surface area contributed by atoms with Crippen molar-refractivity contribution in [3.8, 4) is 6.07 Å². The maximum Gasteiger partial charge on any atom is 0.326 e. The van der Waals surface area contributed by atoms with Gasteiger partial charge in [-0.05, 0) is 30.0 Å². The molecule has 5 N–H and O–H groups in total. The summed E-state index contributed by atoms with van der Waals surface area (Å²) >= 11 is 0. The average molecular weight is 394 g/mol. The first-order chi connectivity index (χ1) is 12.5. The molecule has 1 atom stereocenters. The molecular weight excluding hydrogens is 372 g/mol. The molecule has 1 unspecified atom stereocenters. The van der Waals surface area contributed by atoms with Gasteiger partial charge in [0.1, 0.15) is 17.7 Å². The van der Waals surface area contributed by atoms with E-state index in [1.54, 1.807) is 6.07 Å². The van der Waals surface area contributed by atoms with E-state index in [-0.39, 0.29) is 29.4 Å². The summed E-state index contributed by atoms with van der Waals surface area (Å²) in [5.74, 6) is -1.90. The third-order valence-electron chi connectivity index (χ3n) is 3.48. The fourth-order valence-electron chi connectivity index (χ4n) is 2.15.